The van der Waals surface area contributed by atoms with Gasteiger partial charge in [-0.15, -0.1) is 3.89 Å². The molecule has 0 aliphatic rings. The molecule has 62 valence electrons. The maximum absolute atomic E-state index is 11.9. The number of rotatable bonds is 4. The molecule has 0 aromatic rings. The van der Waals surface area contributed by atoms with Crippen molar-refractivity contribution in [3.05, 3.63) is 0 Å². The van der Waals surface area contributed by atoms with Crippen LogP contribution in [-0.2, 0) is 15.0 Å². The molecule has 1 unspecified atom stereocenters. The van der Waals surface area contributed by atoms with Crippen LogP contribution in [-0.4, -0.2) is 26.9 Å². The van der Waals surface area contributed by atoms with E-state index in [2.05, 4.69) is 0 Å². The van der Waals surface area contributed by atoms with E-state index in [-0.39, 0.29) is 0 Å². The van der Waals surface area contributed by atoms with Crippen LogP contribution < -0.4 is 0 Å². The first-order valence-electron chi connectivity index (χ1n) is 2.99. The summed E-state index contributed by atoms with van der Waals surface area (Å²) in [7, 11) is -4.37. The lowest BCUT2D eigenvalue weighted by atomic mass is 10.5. The minimum atomic E-state index is -4.37. The van der Waals surface area contributed by atoms with Gasteiger partial charge in [-0.2, -0.15) is 8.42 Å². The molecule has 0 heterocycles. The molecule has 0 aliphatic heterocycles. The van der Waals surface area contributed by atoms with Gasteiger partial charge in [-0.3, -0.25) is 0 Å². The molecule has 10 heavy (non-hydrogen) atoms. The molecule has 0 fully saturated rings. The average Bonchev–Trinajstić information content (AvgIpc) is 1.59. The lowest BCUT2D eigenvalue weighted by molar-refractivity contribution is 0.0914. The number of ether oxygens (including phenoxy) is 1. The van der Waals surface area contributed by atoms with Crippen LogP contribution in [0.4, 0.5) is 3.89 Å². The van der Waals surface area contributed by atoms with Gasteiger partial charge in [0.05, 0.1) is 6.10 Å². The zero-order chi connectivity index (χ0) is 8.20. The number of hydrogen-bond acceptors (Lipinski definition) is 3. The molecule has 1 atom stereocenters. The van der Waals surface area contributed by atoms with E-state index in [1.165, 1.54) is 6.92 Å². The van der Waals surface area contributed by atoms with E-state index in [4.69, 9.17) is 4.74 Å². The summed E-state index contributed by atoms with van der Waals surface area (Å²) in [6, 6.07) is 0. The van der Waals surface area contributed by atoms with Crippen LogP contribution in [0.5, 0.6) is 0 Å². The van der Waals surface area contributed by atoms with E-state index in [1.54, 1.807) is 6.92 Å². The summed E-state index contributed by atoms with van der Waals surface area (Å²) in [6.07, 6.45) is -0.556. The monoisotopic (exact) mass is 170 g/mol. The van der Waals surface area contributed by atoms with Crippen molar-refractivity contribution in [2.45, 2.75) is 20.0 Å². The first kappa shape index (κ1) is 9.84. The molecule has 0 rings (SSSR count). The van der Waals surface area contributed by atoms with E-state index >= 15 is 0 Å². The number of hydrogen-bond donors (Lipinski definition) is 0. The molecule has 0 spiro atoms. The highest BCUT2D eigenvalue weighted by Crippen LogP contribution is 1.98. The van der Waals surface area contributed by atoms with Gasteiger partial charge in [-0.1, -0.05) is 0 Å². The van der Waals surface area contributed by atoms with Gasteiger partial charge in [-0.05, 0) is 13.8 Å². The molecule has 5 heteroatoms. The Morgan fingerprint density at radius 3 is 2.40 bits per heavy atom. The Morgan fingerprint density at radius 1 is 1.60 bits per heavy atom. The molecule has 0 aromatic carbocycles. The fourth-order valence-corrected chi connectivity index (χ4v) is 1.27. The smallest absolute Gasteiger partial charge is 0.304 e. The molecular weight excluding hydrogens is 159 g/mol. The second-order valence-corrected chi connectivity index (χ2v) is 3.38. The van der Waals surface area contributed by atoms with Gasteiger partial charge < -0.3 is 4.74 Å². The zero-order valence-corrected chi connectivity index (χ0v) is 6.82. The van der Waals surface area contributed by atoms with E-state index in [9.17, 15) is 12.3 Å². The Morgan fingerprint density at radius 2 is 2.10 bits per heavy atom. The molecule has 0 radical (unpaired) electrons. The summed E-state index contributed by atoms with van der Waals surface area (Å²) in [5, 5.41) is 0. The molecule has 0 saturated carbocycles. The summed E-state index contributed by atoms with van der Waals surface area (Å²) in [5.41, 5.74) is 0. The molecule has 0 amide bonds. The summed E-state index contributed by atoms with van der Waals surface area (Å²) >= 11 is 0. The minimum absolute atomic E-state index is 0.399. The average molecular weight is 170 g/mol. The Bertz CT molecular complexity index is 175. The van der Waals surface area contributed by atoms with Crippen LogP contribution in [0.1, 0.15) is 13.8 Å². The first-order chi connectivity index (χ1) is 4.45. The lowest BCUT2D eigenvalue weighted by Gasteiger charge is -2.06. The van der Waals surface area contributed by atoms with E-state index in [0.717, 1.165) is 0 Å². The van der Waals surface area contributed by atoms with Crippen molar-refractivity contribution < 1.29 is 17.0 Å². The van der Waals surface area contributed by atoms with E-state index in [0.29, 0.717) is 6.61 Å². The van der Waals surface area contributed by atoms with Gasteiger partial charge in [-0.25, -0.2) is 0 Å². The Balaban J connectivity index is 3.69. The summed E-state index contributed by atoms with van der Waals surface area (Å²) < 4.78 is 36.6. The molecule has 0 aromatic heterocycles. The standard InChI is InChI=1S/C5H11FO3S/c1-3-9-5(2)4-10(6,7)8/h5H,3-4H2,1-2H3. The molecule has 0 aliphatic carbocycles. The molecule has 0 bridgehead atoms. The van der Waals surface area contributed by atoms with Crippen molar-refractivity contribution in [3.63, 3.8) is 0 Å². The predicted molar refractivity (Wildman–Crippen MR) is 36.0 cm³/mol. The SMILES string of the molecule is CCOC(C)CS(=O)(=O)F. The topological polar surface area (TPSA) is 43.4 Å². The number of halogens is 1. The molecule has 3 nitrogen and oxygen atoms in total. The maximum Gasteiger partial charge on any atom is 0.304 e. The normalized spacial score (nSPS) is 15.1. The van der Waals surface area contributed by atoms with Crippen molar-refractivity contribution in [2.24, 2.45) is 0 Å². The largest absolute Gasteiger partial charge is 0.378 e. The molecule has 0 N–H and O–H groups in total. The van der Waals surface area contributed by atoms with Gasteiger partial charge in [0.2, 0.25) is 0 Å². The van der Waals surface area contributed by atoms with Gasteiger partial charge >= 0.3 is 10.2 Å². The highest BCUT2D eigenvalue weighted by Gasteiger charge is 2.13. The Labute approximate surface area is 60.4 Å². The third-order valence-corrected chi connectivity index (χ3v) is 1.75. The Hall–Kier alpha value is -0.160. The fraction of sp³-hybridized carbons (Fsp3) is 1.00. The minimum Gasteiger partial charge on any atom is -0.378 e. The lowest BCUT2D eigenvalue weighted by Crippen LogP contribution is -2.17. The van der Waals surface area contributed by atoms with Crippen LogP contribution in [0.3, 0.4) is 0 Å². The quantitative estimate of drug-likeness (QED) is 0.583. The van der Waals surface area contributed by atoms with Crippen LogP contribution in [0, 0.1) is 0 Å². The van der Waals surface area contributed by atoms with Crippen molar-refractivity contribution in [3.8, 4) is 0 Å². The van der Waals surface area contributed by atoms with E-state index < -0.39 is 22.1 Å². The van der Waals surface area contributed by atoms with Crippen LogP contribution in [0.15, 0.2) is 0 Å². The highest BCUT2D eigenvalue weighted by atomic mass is 32.3. The van der Waals surface area contributed by atoms with Gasteiger partial charge in [0, 0.05) is 6.61 Å². The molecule has 0 saturated heterocycles. The second-order valence-electron chi connectivity index (χ2n) is 1.97. The predicted octanol–water partition coefficient (Wildman–Crippen LogP) is 0.711. The summed E-state index contributed by atoms with van der Waals surface area (Å²) in [6.45, 7) is 3.64. The Kier molecular flexibility index (Phi) is 3.81. The summed E-state index contributed by atoms with van der Waals surface area (Å²) in [5.74, 6) is -0.555. The zero-order valence-electron chi connectivity index (χ0n) is 6.00. The summed E-state index contributed by atoms with van der Waals surface area (Å²) in [4.78, 5) is 0. The second kappa shape index (κ2) is 3.88. The first-order valence-corrected chi connectivity index (χ1v) is 4.55. The van der Waals surface area contributed by atoms with Crippen molar-refractivity contribution >= 4 is 10.2 Å². The third-order valence-electron chi connectivity index (χ3n) is 0.885. The molecular formula is C5H11FO3S. The van der Waals surface area contributed by atoms with Gasteiger partial charge in [0.1, 0.15) is 5.75 Å². The van der Waals surface area contributed by atoms with Crippen LogP contribution >= 0.6 is 0 Å². The van der Waals surface area contributed by atoms with Crippen molar-refractivity contribution in [1.82, 2.24) is 0 Å². The van der Waals surface area contributed by atoms with Crippen molar-refractivity contribution in [1.29, 1.82) is 0 Å². The maximum atomic E-state index is 11.9. The van der Waals surface area contributed by atoms with Gasteiger partial charge in [0.15, 0.2) is 0 Å². The third kappa shape index (κ3) is 5.97. The highest BCUT2D eigenvalue weighted by molar-refractivity contribution is 7.86. The van der Waals surface area contributed by atoms with Gasteiger partial charge in [0.25, 0.3) is 0 Å². The van der Waals surface area contributed by atoms with Crippen LogP contribution in [0.2, 0.25) is 0 Å². The fourth-order valence-electron chi connectivity index (χ4n) is 0.613. The van der Waals surface area contributed by atoms with E-state index in [1.807, 2.05) is 0 Å². The van der Waals surface area contributed by atoms with Crippen LogP contribution in [0.25, 0.3) is 0 Å². The van der Waals surface area contributed by atoms with Crippen molar-refractivity contribution in [2.75, 3.05) is 12.4 Å².